The van der Waals surface area contributed by atoms with Crippen LogP contribution in [0.15, 0.2) is 12.3 Å². The van der Waals surface area contributed by atoms with E-state index >= 15 is 0 Å². The van der Waals surface area contributed by atoms with E-state index in [-0.39, 0.29) is 12.6 Å². The summed E-state index contributed by atoms with van der Waals surface area (Å²) in [7, 11) is 0. The fraction of sp³-hybridized carbons (Fsp3) is 0.455. The van der Waals surface area contributed by atoms with Crippen LogP contribution in [0.4, 0.5) is 10.6 Å². The highest BCUT2D eigenvalue weighted by Crippen LogP contribution is 2.21. The van der Waals surface area contributed by atoms with Gasteiger partial charge in [0.15, 0.2) is 0 Å². The molecule has 2 amide bonds. The van der Waals surface area contributed by atoms with E-state index in [0.717, 1.165) is 0 Å². The summed E-state index contributed by atoms with van der Waals surface area (Å²) in [6.07, 6.45) is 2.03. The molecular weight excluding hydrogens is 291 g/mol. The number of aromatic nitrogens is 1. The van der Waals surface area contributed by atoms with Crippen molar-refractivity contribution < 1.29 is 9.90 Å². The topological polar surface area (TPSA) is 86.3 Å². The standard InChI is InChI=1S/C11H16Cl2N4O2/c12-8-6-9(13)10(17-7-8)14-3-4-16-11(19)15-2-1-5-18/h6-7,18H,1-5H2,(H,14,17)(H2,15,16,19). The lowest BCUT2D eigenvalue weighted by atomic mass is 10.4. The Balaban J connectivity index is 2.18. The summed E-state index contributed by atoms with van der Waals surface area (Å²) >= 11 is 11.6. The van der Waals surface area contributed by atoms with Crippen LogP contribution >= 0.6 is 23.2 Å². The molecule has 4 N–H and O–H groups in total. The van der Waals surface area contributed by atoms with Crippen LogP contribution in [0.25, 0.3) is 0 Å². The molecule has 0 radical (unpaired) electrons. The van der Waals surface area contributed by atoms with Crippen molar-refractivity contribution in [1.29, 1.82) is 0 Å². The van der Waals surface area contributed by atoms with E-state index in [2.05, 4.69) is 20.9 Å². The van der Waals surface area contributed by atoms with Gasteiger partial charge in [-0.25, -0.2) is 9.78 Å². The number of carbonyl (C=O) groups excluding carboxylic acids is 1. The Hall–Kier alpha value is -1.24. The van der Waals surface area contributed by atoms with Gasteiger partial charge in [0.1, 0.15) is 5.82 Å². The molecule has 1 heterocycles. The zero-order chi connectivity index (χ0) is 14.1. The van der Waals surface area contributed by atoms with Crippen LogP contribution in [0.1, 0.15) is 6.42 Å². The third kappa shape index (κ3) is 6.47. The molecule has 6 nitrogen and oxygen atoms in total. The smallest absolute Gasteiger partial charge is 0.314 e. The van der Waals surface area contributed by atoms with Crippen molar-refractivity contribution in [3.63, 3.8) is 0 Å². The Kier molecular flexibility index (Phi) is 7.32. The second-order valence-corrected chi connectivity index (χ2v) is 4.51. The predicted molar refractivity (Wildman–Crippen MR) is 75.9 cm³/mol. The normalized spacial score (nSPS) is 10.1. The van der Waals surface area contributed by atoms with Crippen LogP contribution in [-0.4, -0.2) is 42.4 Å². The summed E-state index contributed by atoms with van der Waals surface area (Å²) in [5.41, 5.74) is 0. The van der Waals surface area contributed by atoms with Gasteiger partial charge in [0, 0.05) is 32.4 Å². The molecule has 1 aromatic heterocycles. The molecule has 19 heavy (non-hydrogen) atoms. The van der Waals surface area contributed by atoms with E-state index in [1.165, 1.54) is 6.20 Å². The van der Waals surface area contributed by atoms with Crippen LogP contribution in [-0.2, 0) is 0 Å². The van der Waals surface area contributed by atoms with Crippen LogP contribution in [0.2, 0.25) is 10.0 Å². The van der Waals surface area contributed by atoms with Crippen LogP contribution in [0, 0.1) is 0 Å². The number of hydrogen-bond acceptors (Lipinski definition) is 4. The number of pyridine rings is 1. The molecule has 0 aliphatic carbocycles. The average Bonchev–Trinajstić information content (AvgIpc) is 2.37. The van der Waals surface area contributed by atoms with Gasteiger partial charge >= 0.3 is 6.03 Å². The zero-order valence-corrected chi connectivity index (χ0v) is 11.8. The molecule has 0 fully saturated rings. The fourth-order valence-corrected chi connectivity index (χ4v) is 1.69. The minimum atomic E-state index is -0.273. The zero-order valence-electron chi connectivity index (χ0n) is 10.2. The van der Waals surface area contributed by atoms with Crippen molar-refractivity contribution in [2.75, 3.05) is 31.6 Å². The van der Waals surface area contributed by atoms with Crippen LogP contribution < -0.4 is 16.0 Å². The third-order valence-corrected chi connectivity index (χ3v) is 2.63. The number of amides is 2. The highest BCUT2D eigenvalue weighted by atomic mass is 35.5. The molecule has 0 saturated heterocycles. The molecule has 106 valence electrons. The summed E-state index contributed by atoms with van der Waals surface area (Å²) in [4.78, 5) is 15.3. The van der Waals surface area contributed by atoms with Gasteiger partial charge in [0.2, 0.25) is 0 Å². The van der Waals surface area contributed by atoms with Crippen LogP contribution in [0.3, 0.4) is 0 Å². The molecule has 0 spiro atoms. The van der Waals surface area contributed by atoms with E-state index in [4.69, 9.17) is 28.3 Å². The lowest BCUT2D eigenvalue weighted by Crippen LogP contribution is -2.38. The van der Waals surface area contributed by atoms with Crippen molar-refractivity contribution in [3.05, 3.63) is 22.3 Å². The SMILES string of the molecule is O=C(NCCCO)NCCNc1ncc(Cl)cc1Cl. The maximum absolute atomic E-state index is 11.3. The molecule has 0 aromatic carbocycles. The minimum Gasteiger partial charge on any atom is -0.396 e. The van der Waals surface area contributed by atoms with Gasteiger partial charge in [0.25, 0.3) is 0 Å². The van der Waals surface area contributed by atoms with Gasteiger partial charge in [-0.2, -0.15) is 0 Å². The van der Waals surface area contributed by atoms with Gasteiger partial charge in [-0.05, 0) is 12.5 Å². The number of rotatable bonds is 7. The fourth-order valence-electron chi connectivity index (χ4n) is 1.25. The molecule has 8 heteroatoms. The maximum atomic E-state index is 11.3. The second kappa shape index (κ2) is 8.79. The van der Waals surface area contributed by atoms with E-state index in [1.807, 2.05) is 0 Å². The molecule has 0 unspecified atom stereocenters. The Bertz CT molecular complexity index is 418. The highest BCUT2D eigenvalue weighted by molar-refractivity contribution is 6.35. The van der Waals surface area contributed by atoms with Gasteiger partial charge in [-0.15, -0.1) is 0 Å². The predicted octanol–water partition coefficient (Wildman–Crippen LogP) is 1.48. The molecule has 1 rings (SSSR count). The number of nitrogens with zero attached hydrogens (tertiary/aromatic N) is 1. The summed E-state index contributed by atoms with van der Waals surface area (Å²) in [6.45, 7) is 1.41. The van der Waals surface area contributed by atoms with Crippen molar-refractivity contribution >= 4 is 35.1 Å². The van der Waals surface area contributed by atoms with Gasteiger partial charge < -0.3 is 21.1 Å². The molecule has 1 aromatic rings. The summed E-state index contributed by atoms with van der Waals surface area (Å²) in [5, 5.41) is 17.7. The highest BCUT2D eigenvalue weighted by Gasteiger charge is 2.02. The lowest BCUT2D eigenvalue weighted by molar-refractivity contribution is 0.238. The first-order valence-corrected chi connectivity index (χ1v) is 6.56. The Morgan fingerprint density at radius 1 is 1.26 bits per heavy atom. The summed E-state index contributed by atoms with van der Waals surface area (Å²) in [6, 6.07) is 1.32. The quantitative estimate of drug-likeness (QED) is 0.575. The first-order chi connectivity index (χ1) is 9.13. The van der Waals surface area contributed by atoms with Gasteiger partial charge in [-0.1, -0.05) is 23.2 Å². The Labute approximate surface area is 121 Å². The molecule has 0 aliphatic rings. The number of halogens is 2. The van der Waals surface area contributed by atoms with E-state index in [0.29, 0.717) is 41.9 Å². The summed E-state index contributed by atoms with van der Waals surface area (Å²) in [5.74, 6) is 0.522. The number of carbonyl (C=O) groups is 1. The number of hydrogen-bond donors (Lipinski definition) is 4. The number of aliphatic hydroxyl groups excluding tert-OH is 1. The lowest BCUT2D eigenvalue weighted by Gasteiger charge is -2.09. The number of anilines is 1. The minimum absolute atomic E-state index is 0.0581. The van der Waals surface area contributed by atoms with E-state index < -0.39 is 0 Å². The largest absolute Gasteiger partial charge is 0.396 e. The maximum Gasteiger partial charge on any atom is 0.314 e. The summed E-state index contributed by atoms with van der Waals surface area (Å²) < 4.78 is 0. The molecule has 0 aliphatic heterocycles. The van der Waals surface area contributed by atoms with Crippen molar-refractivity contribution in [2.45, 2.75) is 6.42 Å². The van der Waals surface area contributed by atoms with Crippen molar-refractivity contribution in [1.82, 2.24) is 15.6 Å². The molecule has 0 bridgehead atoms. The first kappa shape index (κ1) is 15.8. The molecule has 0 atom stereocenters. The number of aliphatic hydroxyl groups is 1. The Morgan fingerprint density at radius 2 is 2.00 bits per heavy atom. The average molecular weight is 307 g/mol. The van der Waals surface area contributed by atoms with Gasteiger partial charge in [-0.3, -0.25) is 0 Å². The van der Waals surface area contributed by atoms with E-state index in [1.54, 1.807) is 6.07 Å². The molecule has 0 saturated carbocycles. The van der Waals surface area contributed by atoms with Gasteiger partial charge in [0.05, 0.1) is 10.0 Å². The number of urea groups is 1. The Morgan fingerprint density at radius 3 is 2.68 bits per heavy atom. The van der Waals surface area contributed by atoms with Crippen molar-refractivity contribution in [3.8, 4) is 0 Å². The second-order valence-electron chi connectivity index (χ2n) is 3.67. The number of nitrogens with one attached hydrogen (secondary N) is 3. The van der Waals surface area contributed by atoms with E-state index in [9.17, 15) is 4.79 Å². The third-order valence-electron chi connectivity index (χ3n) is 2.13. The van der Waals surface area contributed by atoms with Crippen LogP contribution in [0.5, 0.6) is 0 Å². The molecular formula is C11H16Cl2N4O2. The monoisotopic (exact) mass is 306 g/mol. The first-order valence-electron chi connectivity index (χ1n) is 5.81. The van der Waals surface area contributed by atoms with Crippen molar-refractivity contribution in [2.24, 2.45) is 0 Å².